The van der Waals surface area contributed by atoms with Gasteiger partial charge in [-0.25, -0.2) is 14.2 Å². The van der Waals surface area contributed by atoms with Gasteiger partial charge < -0.3 is 33.6 Å². The normalized spacial score (nSPS) is 16.1. The lowest BCUT2D eigenvalue weighted by Gasteiger charge is -2.43. The van der Waals surface area contributed by atoms with Crippen molar-refractivity contribution in [1.29, 1.82) is 0 Å². The number of piperazine rings is 2. The number of nitrogens with one attached hydrogen (secondary N) is 1. The highest BCUT2D eigenvalue weighted by molar-refractivity contribution is 6.34. The summed E-state index contributed by atoms with van der Waals surface area (Å²) in [6.07, 6.45) is 0.765. The summed E-state index contributed by atoms with van der Waals surface area (Å²) in [7, 11) is 3.38. The molecule has 13 nitrogen and oxygen atoms in total. The van der Waals surface area contributed by atoms with Gasteiger partial charge >= 0.3 is 12.7 Å². The first-order valence-corrected chi connectivity index (χ1v) is 17.2. The third-order valence-electron chi connectivity index (χ3n) is 9.10. The Kier molecular flexibility index (Phi) is 11.6. The van der Waals surface area contributed by atoms with Gasteiger partial charge in [-0.3, -0.25) is 19.3 Å². The van der Waals surface area contributed by atoms with E-state index in [1.54, 1.807) is 14.7 Å². The van der Waals surface area contributed by atoms with E-state index in [1.807, 2.05) is 27.8 Å². The minimum absolute atomic E-state index is 0.00944. The zero-order valence-corrected chi connectivity index (χ0v) is 30.7. The van der Waals surface area contributed by atoms with E-state index in [2.05, 4.69) is 15.0 Å². The summed E-state index contributed by atoms with van der Waals surface area (Å²) in [6, 6.07) is 6.20. The van der Waals surface area contributed by atoms with E-state index in [9.17, 15) is 36.7 Å². The number of amides is 4. The van der Waals surface area contributed by atoms with E-state index in [0.717, 1.165) is 18.3 Å². The van der Waals surface area contributed by atoms with Crippen LogP contribution in [0.2, 0.25) is 5.02 Å². The fraction of sp³-hybridized carbons (Fsp3) is 0.457. The maximum atomic E-state index is 14.7. The number of benzene rings is 2. The van der Waals surface area contributed by atoms with Crippen molar-refractivity contribution in [3.05, 3.63) is 64.6 Å². The van der Waals surface area contributed by atoms with E-state index in [1.165, 1.54) is 29.8 Å². The number of hydrogen-bond donors (Lipinski definition) is 1. The molecule has 1 aromatic heterocycles. The van der Waals surface area contributed by atoms with Gasteiger partial charge in [-0.2, -0.15) is 13.2 Å². The molecular formula is C35H41ClF4N7O6+. The molecule has 53 heavy (non-hydrogen) atoms. The van der Waals surface area contributed by atoms with Crippen LogP contribution < -0.4 is 10.1 Å². The highest BCUT2D eigenvalue weighted by atomic mass is 35.5. The first-order valence-electron chi connectivity index (χ1n) is 16.8. The maximum absolute atomic E-state index is 14.7. The highest BCUT2D eigenvalue weighted by Gasteiger charge is 2.37. The van der Waals surface area contributed by atoms with E-state index < -0.39 is 35.5 Å². The lowest BCUT2D eigenvalue weighted by molar-refractivity contribution is -0.905. The van der Waals surface area contributed by atoms with Crippen molar-refractivity contribution in [3.8, 4) is 17.0 Å². The predicted octanol–water partition coefficient (Wildman–Crippen LogP) is 4.85. The second-order valence-electron chi connectivity index (χ2n) is 14.2. The molecule has 5 rings (SSSR count). The van der Waals surface area contributed by atoms with Crippen LogP contribution in [-0.4, -0.2) is 131 Å². The number of alkyl halides is 2. The number of aromatic nitrogens is 2. The van der Waals surface area contributed by atoms with Gasteiger partial charge in [0.25, 0.3) is 17.7 Å². The molecule has 3 aromatic rings. The molecule has 2 aliphatic rings. The Bertz CT molecular complexity index is 1890. The molecular weight excluding hydrogens is 726 g/mol. The number of halogens is 5. The van der Waals surface area contributed by atoms with Crippen molar-refractivity contribution in [1.82, 2.24) is 24.3 Å². The summed E-state index contributed by atoms with van der Waals surface area (Å²) in [6.45, 7) is 5.85. The molecule has 0 bridgehead atoms. The standard InChI is InChI=1S/C35H40ClF4N7O6/c1-35(2,3)53-34(51)46-14-16-47(5,17-15-46)20-27(48)44-10-12-45(13-11-44)32(50)22-7-6-21(18-24(22)36)42-31(49)30-41-19-25(43(30)4)23-8-9-26(52-33(39)40)29(38)28(23)37/h6-9,18-19,33H,10-17,20H2,1-5H3/p+1. The topological polar surface area (TPSA) is 126 Å². The predicted molar refractivity (Wildman–Crippen MR) is 186 cm³/mol. The van der Waals surface area contributed by atoms with Crippen LogP contribution >= 0.6 is 11.6 Å². The molecule has 2 saturated heterocycles. The van der Waals surface area contributed by atoms with Gasteiger partial charge in [0.1, 0.15) is 5.60 Å². The average molecular weight is 767 g/mol. The Balaban J connectivity index is 1.14. The first kappa shape index (κ1) is 39.3. The molecule has 0 saturated carbocycles. The molecule has 0 aliphatic carbocycles. The zero-order valence-electron chi connectivity index (χ0n) is 29.9. The summed E-state index contributed by atoms with van der Waals surface area (Å²) in [5, 5.41) is 2.67. The lowest BCUT2D eigenvalue weighted by Crippen LogP contribution is -2.62. The Labute approximate surface area is 308 Å². The van der Waals surface area contributed by atoms with Crippen LogP contribution in [0.5, 0.6) is 5.75 Å². The van der Waals surface area contributed by atoms with Crippen LogP contribution in [0, 0.1) is 11.6 Å². The Morgan fingerprint density at radius 2 is 1.58 bits per heavy atom. The summed E-state index contributed by atoms with van der Waals surface area (Å²) in [5.41, 5.74) is -0.503. The minimum Gasteiger partial charge on any atom is -0.444 e. The highest BCUT2D eigenvalue weighted by Crippen LogP contribution is 2.31. The molecule has 1 N–H and O–H groups in total. The van der Waals surface area contributed by atoms with Crippen LogP contribution in [-0.2, 0) is 16.6 Å². The molecule has 0 unspecified atom stereocenters. The number of rotatable bonds is 8. The fourth-order valence-corrected chi connectivity index (χ4v) is 6.37. The molecule has 2 aliphatic heterocycles. The van der Waals surface area contributed by atoms with Crippen molar-refractivity contribution in [2.45, 2.75) is 33.0 Å². The number of nitrogens with zero attached hydrogens (tertiary/aromatic N) is 6. The van der Waals surface area contributed by atoms with Crippen molar-refractivity contribution >= 4 is 41.1 Å². The number of imidazole rings is 1. The monoisotopic (exact) mass is 766 g/mol. The van der Waals surface area contributed by atoms with Crippen molar-refractivity contribution < 1.29 is 50.7 Å². The van der Waals surface area contributed by atoms with Crippen LogP contribution in [0.1, 0.15) is 41.7 Å². The number of likely N-dealkylation sites (N-methyl/N-ethyl adjacent to an activating group) is 1. The van der Waals surface area contributed by atoms with Crippen LogP contribution in [0.4, 0.5) is 28.0 Å². The van der Waals surface area contributed by atoms with Gasteiger partial charge in [0.15, 0.2) is 23.9 Å². The summed E-state index contributed by atoms with van der Waals surface area (Å²) in [4.78, 5) is 61.1. The largest absolute Gasteiger partial charge is 0.444 e. The Hall–Kier alpha value is -4.90. The summed E-state index contributed by atoms with van der Waals surface area (Å²) < 4.78 is 65.2. The Morgan fingerprint density at radius 1 is 0.943 bits per heavy atom. The molecule has 18 heteroatoms. The number of ether oxygens (including phenoxy) is 2. The summed E-state index contributed by atoms with van der Waals surface area (Å²) >= 11 is 6.48. The van der Waals surface area contributed by atoms with Gasteiger partial charge in [0, 0.05) is 44.5 Å². The molecule has 3 heterocycles. The smallest absolute Gasteiger partial charge is 0.410 e. The van der Waals surface area contributed by atoms with E-state index in [0.29, 0.717) is 56.8 Å². The SMILES string of the molecule is Cn1c(-c2ccc(OC(F)F)c(F)c2F)cnc1C(=O)Nc1ccc(C(=O)N2CCN(C(=O)C[N+]3(C)CCN(C(=O)OC(C)(C)C)CC3)CC2)c(Cl)c1. The lowest BCUT2D eigenvalue weighted by atomic mass is 10.1. The third kappa shape index (κ3) is 9.19. The van der Waals surface area contributed by atoms with E-state index in [4.69, 9.17) is 16.3 Å². The second kappa shape index (κ2) is 15.6. The van der Waals surface area contributed by atoms with Gasteiger partial charge in [-0.15, -0.1) is 0 Å². The minimum atomic E-state index is -3.35. The van der Waals surface area contributed by atoms with Crippen LogP contribution in [0.3, 0.4) is 0 Å². The van der Waals surface area contributed by atoms with E-state index >= 15 is 0 Å². The molecule has 0 spiro atoms. The summed E-state index contributed by atoms with van der Waals surface area (Å²) in [5.74, 6) is -5.32. The molecule has 2 aromatic carbocycles. The molecule has 0 radical (unpaired) electrons. The number of carbonyl (C=O) groups is 4. The zero-order chi connectivity index (χ0) is 38.8. The average Bonchev–Trinajstić information content (AvgIpc) is 3.46. The van der Waals surface area contributed by atoms with Crippen molar-refractivity contribution in [2.24, 2.45) is 7.05 Å². The third-order valence-corrected chi connectivity index (χ3v) is 9.41. The number of carbonyl (C=O) groups excluding carboxylic acids is 4. The second-order valence-corrected chi connectivity index (χ2v) is 14.6. The van der Waals surface area contributed by atoms with Gasteiger partial charge in [0.05, 0.1) is 55.7 Å². The number of quaternary nitrogens is 1. The molecule has 2 fully saturated rings. The van der Waals surface area contributed by atoms with Crippen molar-refractivity contribution in [3.63, 3.8) is 0 Å². The van der Waals surface area contributed by atoms with Gasteiger partial charge in [-0.05, 0) is 51.1 Å². The number of anilines is 1. The molecule has 4 amide bonds. The van der Waals surface area contributed by atoms with E-state index in [-0.39, 0.29) is 57.8 Å². The quantitative estimate of drug-likeness (QED) is 0.257. The van der Waals surface area contributed by atoms with Crippen LogP contribution in [0.15, 0.2) is 36.5 Å². The molecule has 0 atom stereocenters. The van der Waals surface area contributed by atoms with Crippen molar-refractivity contribution in [2.75, 3.05) is 71.3 Å². The maximum Gasteiger partial charge on any atom is 0.410 e. The first-order chi connectivity index (χ1) is 24.9. The van der Waals surface area contributed by atoms with Gasteiger partial charge in [-0.1, -0.05) is 11.6 Å². The van der Waals surface area contributed by atoms with Gasteiger partial charge in [0.2, 0.25) is 5.82 Å². The number of hydrogen-bond acceptors (Lipinski definition) is 7. The Morgan fingerprint density at radius 3 is 2.19 bits per heavy atom. The fourth-order valence-electron chi connectivity index (χ4n) is 6.11. The van der Waals surface area contributed by atoms with Crippen LogP contribution in [0.25, 0.3) is 11.3 Å². The molecule has 286 valence electrons.